The number of hydrogen-bond acceptors (Lipinski definition) is 2. The van der Waals surface area contributed by atoms with Crippen LogP contribution in [0.25, 0.3) is 0 Å². The molecule has 0 radical (unpaired) electrons. The van der Waals surface area contributed by atoms with E-state index in [1.54, 1.807) is 0 Å². The summed E-state index contributed by atoms with van der Waals surface area (Å²) in [6.45, 7) is 5.50. The van der Waals surface area contributed by atoms with Gasteiger partial charge in [0, 0.05) is 12.6 Å². The van der Waals surface area contributed by atoms with E-state index in [-0.39, 0.29) is 6.04 Å². The number of aliphatic carboxylic acids is 1. The Morgan fingerprint density at radius 2 is 2.05 bits per heavy atom. The van der Waals surface area contributed by atoms with Crippen molar-refractivity contribution in [2.24, 2.45) is 11.8 Å². The summed E-state index contributed by atoms with van der Waals surface area (Å²) in [5.41, 5.74) is 0. The molecule has 0 bridgehead atoms. The van der Waals surface area contributed by atoms with Crippen LogP contribution in [0, 0.1) is 11.8 Å². The highest BCUT2D eigenvalue weighted by molar-refractivity contribution is 5.74. The Morgan fingerprint density at radius 1 is 1.30 bits per heavy atom. The first kappa shape index (κ1) is 15.8. The number of carbonyl (C=O) groups is 1. The number of unbranched alkanes of at least 4 members (excludes halogenated alkanes) is 1. The summed E-state index contributed by atoms with van der Waals surface area (Å²) in [7, 11) is 0. The predicted octanol–water partition coefficient (Wildman–Crippen LogP) is 3.92. The van der Waals surface area contributed by atoms with E-state index in [0.29, 0.717) is 17.9 Å². The molecule has 2 fully saturated rings. The molecular formula is C17H31NO2. The SMILES string of the molecule is CCCCC(CC)CN1C(C(=O)O)CC2CCCCC21. The van der Waals surface area contributed by atoms with Crippen molar-refractivity contribution in [3.63, 3.8) is 0 Å². The minimum atomic E-state index is -0.593. The molecule has 1 aliphatic carbocycles. The molecule has 4 unspecified atom stereocenters. The minimum absolute atomic E-state index is 0.209. The summed E-state index contributed by atoms with van der Waals surface area (Å²) >= 11 is 0. The summed E-state index contributed by atoms with van der Waals surface area (Å²) in [4.78, 5) is 14.0. The number of carboxylic acid groups (broad SMARTS) is 1. The molecule has 1 N–H and O–H groups in total. The van der Waals surface area contributed by atoms with E-state index in [1.807, 2.05) is 0 Å². The van der Waals surface area contributed by atoms with Gasteiger partial charge in [-0.2, -0.15) is 0 Å². The van der Waals surface area contributed by atoms with Crippen LogP contribution in [-0.2, 0) is 4.79 Å². The molecule has 0 amide bonds. The van der Waals surface area contributed by atoms with Crippen LogP contribution >= 0.6 is 0 Å². The molecule has 0 spiro atoms. The lowest BCUT2D eigenvalue weighted by Crippen LogP contribution is -2.44. The van der Waals surface area contributed by atoms with Gasteiger partial charge in [-0.25, -0.2) is 0 Å². The molecule has 0 aromatic heterocycles. The third-order valence-electron chi connectivity index (χ3n) is 5.52. The highest BCUT2D eigenvalue weighted by Crippen LogP contribution is 2.40. The normalized spacial score (nSPS) is 32.0. The van der Waals surface area contributed by atoms with Gasteiger partial charge in [0.2, 0.25) is 0 Å². The zero-order valence-electron chi connectivity index (χ0n) is 13.2. The van der Waals surface area contributed by atoms with Crippen LogP contribution in [0.4, 0.5) is 0 Å². The van der Waals surface area contributed by atoms with Gasteiger partial charge in [-0.05, 0) is 37.5 Å². The fraction of sp³-hybridized carbons (Fsp3) is 0.941. The fourth-order valence-electron chi connectivity index (χ4n) is 4.27. The highest BCUT2D eigenvalue weighted by Gasteiger charge is 2.45. The standard InChI is InChI=1S/C17H31NO2/c1-3-5-8-13(4-2)12-18-15-10-7-6-9-14(15)11-16(18)17(19)20/h13-16H,3-12H2,1-2H3,(H,19,20). The summed E-state index contributed by atoms with van der Waals surface area (Å²) < 4.78 is 0. The molecule has 0 aromatic carbocycles. The summed E-state index contributed by atoms with van der Waals surface area (Å²) in [5.74, 6) is 0.732. The van der Waals surface area contributed by atoms with E-state index in [2.05, 4.69) is 18.7 Å². The summed E-state index contributed by atoms with van der Waals surface area (Å²) in [6, 6.07) is 0.347. The Morgan fingerprint density at radius 3 is 2.70 bits per heavy atom. The van der Waals surface area contributed by atoms with Gasteiger partial charge in [-0.1, -0.05) is 46.0 Å². The van der Waals surface area contributed by atoms with Gasteiger partial charge >= 0.3 is 5.97 Å². The van der Waals surface area contributed by atoms with E-state index in [1.165, 1.54) is 51.4 Å². The molecule has 1 aliphatic heterocycles. The van der Waals surface area contributed by atoms with Crippen LogP contribution in [0.15, 0.2) is 0 Å². The van der Waals surface area contributed by atoms with Gasteiger partial charge in [-0.3, -0.25) is 9.69 Å². The van der Waals surface area contributed by atoms with Crippen molar-refractivity contribution in [1.82, 2.24) is 4.90 Å². The van der Waals surface area contributed by atoms with Crippen LogP contribution < -0.4 is 0 Å². The van der Waals surface area contributed by atoms with Crippen molar-refractivity contribution in [2.75, 3.05) is 6.54 Å². The van der Waals surface area contributed by atoms with Gasteiger partial charge < -0.3 is 5.11 Å². The monoisotopic (exact) mass is 281 g/mol. The Bertz CT molecular complexity index is 318. The number of likely N-dealkylation sites (tertiary alicyclic amines) is 1. The molecule has 3 nitrogen and oxygen atoms in total. The molecule has 2 rings (SSSR count). The van der Waals surface area contributed by atoms with Crippen LogP contribution in [0.1, 0.15) is 71.6 Å². The van der Waals surface area contributed by atoms with E-state index in [9.17, 15) is 9.90 Å². The lowest BCUT2D eigenvalue weighted by molar-refractivity contribution is -0.143. The maximum atomic E-state index is 11.6. The predicted molar refractivity (Wildman–Crippen MR) is 81.8 cm³/mol. The largest absolute Gasteiger partial charge is 0.480 e. The van der Waals surface area contributed by atoms with E-state index >= 15 is 0 Å². The summed E-state index contributed by atoms with van der Waals surface area (Å²) in [5, 5.41) is 9.55. The molecular weight excluding hydrogens is 250 g/mol. The maximum absolute atomic E-state index is 11.6. The van der Waals surface area contributed by atoms with Crippen LogP contribution in [-0.4, -0.2) is 34.6 Å². The molecule has 1 saturated carbocycles. The average molecular weight is 281 g/mol. The van der Waals surface area contributed by atoms with Gasteiger partial charge in [0.1, 0.15) is 6.04 Å². The zero-order chi connectivity index (χ0) is 14.5. The Hall–Kier alpha value is -0.570. The third-order valence-corrected chi connectivity index (χ3v) is 5.52. The van der Waals surface area contributed by atoms with Crippen LogP contribution in [0.5, 0.6) is 0 Å². The van der Waals surface area contributed by atoms with Crippen molar-refractivity contribution in [3.05, 3.63) is 0 Å². The van der Waals surface area contributed by atoms with Crippen LogP contribution in [0.3, 0.4) is 0 Å². The lowest BCUT2D eigenvalue weighted by atomic mass is 9.84. The highest BCUT2D eigenvalue weighted by atomic mass is 16.4. The minimum Gasteiger partial charge on any atom is -0.480 e. The second-order valence-electron chi connectivity index (χ2n) is 6.81. The molecule has 116 valence electrons. The van der Waals surface area contributed by atoms with Crippen molar-refractivity contribution in [1.29, 1.82) is 0 Å². The maximum Gasteiger partial charge on any atom is 0.320 e. The van der Waals surface area contributed by atoms with Crippen molar-refractivity contribution >= 4 is 5.97 Å². The average Bonchev–Trinajstić information content (AvgIpc) is 2.82. The van der Waals surface area contributed by atoms with Crippen molar-refractivity contribution in [3.8, 4) is 0 Å². The van der Waals surface area contributed by atoms with Crippen molar-refractivity contribution < 1.29 is 9.90 Å². The second kappa shape index (κ2) is 7.44. The zero-order valence-corrected chi connectivity index (χ0v) is 13.2. The topological polar surface area (TPSA) is 40.5 Å². The van der Waals surface area contributed by atoms with E-state index in [0.717, 1.165) is 13.0 Å². The second-order valence-corrected chi connectivity index (χ2v) is 6.81. The summed E-state index contributed by atoms with van der Waals surface area (Å²) in [6.07, 6.45) is 10.9. The van der Waals surface area contributed by atoms with Gasteiger partial charge in [0.05, 0.1) is 0 Å². The van der Waals surface area contributed by atoms with E-state index < -0.39 is 5.97 Å². The molecule has 2 aliphatic rings. The van der Waals surface area contributed by atoms with Gasteiger partial charge in [0.15, 0.2) is 0 Å². The Balaban J connectivity index is 2.02. The Kier molecular flexibility index (Phi) is 5.88. The smallest absolute Gasteiger partial charge is 0.320 e. The number of nitrogens with zero attached hydrogens (tertiary/aromatic N) is 1. The number of rotatable bonds is 7. The first-order valence-electron chi connectivity index (χ1n) is 8.65. The van der Waals surface area contributed by atoms with Gasteiger partial charge in [-0.15, -0.1) is 0 Å². The number of fused-ring (bicyclic) bond motifs is 1. The molecule has 0 aromatic rings. The number of hydrogen-bond donors (Lipinski definition) is 1. The first-order chi connectivity index (χ1) is 9.67. The van der Waals surface area contributed by atoms with Gasteiger partial charge in [0.25, 0.3) is 0 Å². The molecule has 3 heteroatoms. The fourth-order valence-corrected chi connectivity index (χ4v) is 4.27. The lowest BCUT2D eigenvalue weighted by Gasteiger charge is -2.35. The molecule has 1 heterocycles. The number of carboxylic acids is 1. The third kappa shape index (κ3) is 3.55. The van der Waals surface area contributed by atoms with Crippen LogP contribution in [0.2, 0.25) is 0 Å². The quantitative estimate of drug-likeness (QED) is 0.769. The van der Waals surface area contributed by atoms with E-state index in [4.69, 9.17) is 0 Å². The Labute approximate surface area is 123 Å². The van der Waals surface area contributed by atoms with Crippen molar-refractivity contribution in [2.45, 2.75) is 83.7 Å². The molecule has 1 saturated heterocycles. The molecule has 20 heavy (non-hydrogen) atoms. The molecule has 4 atom stereocenters. The first-order valence-corrected chi connectivity index (χ1v) is 8.65.